The lowest BCUT2D eigenvalue weighted by molar-refractivity contribution is -0.119. The first-order chi connectivity index (χ1) is 22.1. The maximum Gasteiger partial charge on any atom is 0.265 e. The van der Waals surface area contributed by atoms with E-state index in [4.69, 9.17) is 21.1 Å². The number of benzene rings is 3. The fourth-order valence-electron chi connectivity index (χ4n) is 5.28. The molecule has 5 aromatic rings. The van der Waals surface area contributed by atoms with E-state index in [1.54, 1.807) is 35.8 Å². The lowest BCUT2D eigenvalue weighted by Crippen LogP contribution is -2.53. The summed E-state index contributed by atoms with van der Waals surface area (Å²) in [6, 6.07) is 19.2. The Morgan fingerprint density at radius 3 is 2.43 bits per heavy atom. The summed E-state index contributed by atoms with van der Waals surface area (Å²) in [5.41, 5.74) is 2.30. The number of rotatable bonds is 12. The number of carbonyl (C=O) groups excluding carboxylic acids is 1. The molecule has 0 aliphatic rings. The van der Waals surface area contributed by atoms with E-state index in [-0.39, 0.29) is 34.3 Å². The average molecular weight is 680 g/mol. The van der Waals surface area contributed by atoms with Crippen molar-refractivity contribution in [1.82, 2.24) is 9.36 Å². The molecule has 1 amide bonds. The summed E-state index contributed by atoms with van der Waals surface area (Å²) in [7, 11) is 2.09. The molecule has 10 nitrogen and oxygen atoms in total. The number of pyridine rings is 1. The molecule has 13 heteroatoms. The first-order valence-corrected chi connectivity index (χ1v) is 17.0. The van der Waals surface area contributed by atoms with Crippen molar-refractivity contribution in [2.24, 2.45) is 0 Å². The molecule has 0 saturated carbocycles. The third-order valence-corrected chi connectivity index (χ3v) is 10.3. The number of methoxy groups -OCH3 is 2. The highest BCUT2D eigenvalue weighted by atomic mass is 35.5. The quantitative estimate of drug-likeness (QED) is 0.152. The number of fused-ring (bicyclic) bond motifs is 1. The number of hydrogen-bond acceptors (Lipinski definition) is 9. The van der Waals surface area contributed by atoms with Crippen LogP contribution < -0.4 is 23.6 Å². The van der Waals surface area contributed by atoms with Gasteiger partial charge in [-0.25, -0.2) is 8.42 Å². The number of carbonyl (C=O) groups is 1. The summed E-state index contributed by atoms with van der Waals surface area (Å²) < 4.78 is 46.3. The first kappa shape index (κ1) is 33.0. The summed E-state index contributed by atoms with van der Waals surface area (Å²) in [5, 5.41) is 2.73. The van der Waals surface area contributed by atoms with E-state index >= 15 is 0 Å². The van der Waals surface area contributed by atoms with Crippen LogP contribution in [0.15, 0.2) is 89.3 Å². The van der Waals surface area contributed by atoms with Gasteiger partial charge in [-0.05, 0) is 72.6 Å². The van der Waals surface area contributed by atoms with E-state index < -0.39 is 22.0 Å². The molecule has 0 aliphatic carbocycles. The molecule has 5 rings (SSSR count). The largest absolute Gasteiger partial charge is 0.493 e. The van der Waals surface area contributed by atoms with Crippen molar-refractivity contribution >= 4 is 67.2 Å². The number of sulfonamides is 1. The van der Waals surface area contributed by atoms with Gasteiger partial charge in [0.25, 0.3) is 15.9 Å². The molecule has 2 heterocycles. The van der Waals surface area contributed by atoms with Gasteiger partial charge in [0.2, 0.25) is 0 Å². The highest BCUT2D eigenvalue weighted by Crippen LogP contribution is 2.39. The molecule has 0 saturated heterocycles. The van der Waals surface area contributed by atoms with E-state index in [0.717, 1.165) is 20.8 Å². The minimum atomic E-state index is -4.49. The monoisotopic (exact) mass is 679 g/mol. The topological polar surface area (TPSA) is 105 Å². The molecule has 0 bridgehead atoms. The minimum absolute atomic E-state index is 0.0115. The van der Waals surface area contributed by atoms with E-state index in [1.165, 1.54) is 48.9 Å². The molecule has 46 heavy (non-hydrogen) atoms. The normalized spacial score (nSPS) is 12.0. The van der Waals surface area contributed by atoms with Gasteiger partial charge in [-0.15, -0.1) is 0 Å². The zero-order valence-electron chi connectivity index (χ0n) is 26.0. The second-order valence-corrected chi connectivity index (χ2v) is 13.4. The molecular weight excluding hydrogens is 646 g/mol. The van der Waals surface area contributed by atoms with Gasteiger partial charge in [-0.3, -0.25) is 19.0 Å². The molecule has 0 N–H and O–H groups in total. The number of anilines is 3. The minimum Gasteiger partial charge on any atom is -0.493 e. The molecule has 0 spiro atoms. The van der Waals surface area contributed by atoms with E-state index in [1.807, 2.05) is 56.3 Å². The summed E-state index contributed by atoms with van der Waals surface area (Å²) in [4.78, 5) is 22.5. The molecule has 0 fully saturated rings. The predicted octanol–water partition coefficient (Wildman–Crippen LogP) is 6.29. The van der Waals surface area contributed by atoms with Crippen LogP contribution in [-0.4, -0.2) is 64.6 Å². The fourth-order valence-corrected chi connectivity index (χ4v) is 7.69. The van der Waals surface area contributed by atoms with Crippen LogP contribution in [0.3, 0.4) is 0 Å². The van der Waals surface area contributed by atoms with Gasteiger partial charge in [0.15, 0.2) is 11.5 Å². The van der Waals surface area contributed by atoms with Crippen molar-refractivity contribution in [3.63, 3.8) is 0 Å². The summed E-state index contributed by atoms with van der Waals surface area (Å²) >= 11 is 8.04. The van der Waals surface area contributed by atoms with E-state index in [0.29, 0.717) is 17.3 Å². The number of aromatic nitrogens is 2. The number of nitrogens with zero attached hydrogens (tertiary/aromatic N) is 5. The first-order valence-electron chi connectivity index (χ1n) is 14.4. The van der Waals surface area contributed by atoms with Crippen molar-refractivity contribution < 1.29 is 22.7 Å². The molecule has 0 radical (unpaired) electrons. The number of amides is 1. The standard InChI is InChI=1S/C33H34ClN5O5S2/c1-6-38(32-16-18-45-36-32)33(40)29(19-22-9-7-11-27-25(22)10-8-17-35-27)39(28-20-23(37(2)3)12-14-26(28)34)46(41,42)24-13-15-30(43-4)31(21-24)44-5/h7-18,20-21,29H,6,19H2,1-5H3. The summed E-state index contributed by atoms with van der Waals surface area (Å²) in [6.07, 6.45) is 1.70. The fraction of sp³-hybridized carbons (Fsp3) is 0.242. The molecule has 0 aliphatic heterocycles. The average Bonchev–Trinajstić information content (AvgIpc) is 3.59. The van der Waals surface area contributed by atoms with Crippen molar-refractivity contribution in [2.75, 3.05) is 49.0 Å². The van der Waals surface area contributed by atoms with Crippen LogP contribution in [0.1, 0.15) is 12.5 Å². The molecule has 1 unspecified atom stereocenters. The lowest BCUT2D eigenvalue weighted by Gasteiger charge is -2.36. The van der Waals surface area contributed by atoms with Crippen LogP contribution in [0.4, 0.5) is 17.2 Å². The van der Waals surface area contributed by atoms with Gasteiger partial charge in [-0.2, -0.15) is 4.37 Å². The Morgan fingerprint density at radius 1 is 0.978 bits per heavy atom. The van der Waals surface area contributed by atoms with E-state index in [2.05, 4.69) is 9.36 Å². The van der Waals surface area contributed by atoms with Gasteiger partial charge < -0.3 is 14.4 Å². The van der Waals surface area contributed by atoms with Crippen LogP contribution in [0, 0.1) is 0 Å². The smallest absolute Gasteiger partial charge is 0.265 e. The Kier molecular flexibility index (Phi) is 10.00. The maximum absolute atomic E-state index is 15.0. The van der Waals surface area contributed by atoms with E-state index in [9.17, 15) is 13.2 Å². The predicted molar refractivity (Wildman–Crippen MR) is 184 cm³/mol. The van der Waals surface area contributed by atoms with Gasteiger partial charge in [0.1, 0.15) is 11.9 Å². The lowest BCUT2D eigenvalue weighted by atomic mass is 9.99. The van der Waals surface area contributed by atoms with Gasteiger partial charge in [0.05, 0.1) is 35.3 Å². The second kappa shape index (κ2) is 13.9. The van der Waals surface area contributed by atoms with Crippen molar-refractivity contribution in [2.45, 2.75) is 24.3 Å². The van der Waals surface area contributed by atoms with Crippen LogP contribution >= 0.6 is 23.1 Å². The Hall–Kier alpha value is -4.39. The van der Waals surface area contributed by atoms with Crippen LogP contribution in [0.25, 0.3) is 10.9 Å². The van der Waals surface area contributed by atoms with Gasteiger partial charge in [-0.1, -0.05) is 29.8 Å². The van der Waals surface area contributed by atoms with Gasteiger partial charge in [0, 0.05) is 55.8 Å². The summed E-state index contributed by atoms with van der Waals surface area (Å²) in [5.74, 6) is 0.540. The van der Waals surface area contributed by atoms with Crippen LogP contribution in [0.2, 0.25) is 5.02 Å². The van der Waals surface area contributed by atoms with Crippen LogP contribution in [-0.2, 0) is 21.2 Å². The number of hydrogen-bond donors (Lipinski definition) is 0. The zero-order chi connectivity index (χ0) is 33.0. The third-order valence-electron chi connectivity index (χ3n) is 7.60. The Labute approximate surface area is 278 Å². The van der Waals surface area contributed by atoms with Crippen molar-refractivity contribution in [1.29, 1.82) is 0 Å². The number of likely N-dealkylation sites (N-methyl/N-ethyl adjacent to an activating group) is 1. The number of halogens is 1. The summed E-state index contributed by atoms with van der Waals surface area (Å²) in [6.45, 7) is 2.08. The molecule has 2 aromatic heterocycles. The number of ether oxygens (including phenoxy) is 2. The molecular formula is C33H34ClN5O5S2. The molecule has 240 valence electrons. The van der Waals surface area contributed by atoms with Crippen molar-refractivity contribution in [3.05, 3.63) is 95.0 Å². The van der Waals surface area contributed by atoms with Crippen molar-refractivity contribution in [3.8, 4) is 11.5 Å². The third kappa shape index (κ3) is 6.46. The highest BCUT2D eigenvalue weighted by Gasteiger charge is 2.40. The molecule has 1 atom stereocenters. The SMILES string of the molecule is CCN(C(=O)C(Cc1cccc2ncccc12)N(c1cc(N(C)C)ccc1Cl)S(=O)(=O)c1ccc(OC)c(OC)c1)c1ccsn1. The van der Waals surface area contributed by atoms with Gasteiger partial charge >= 0.3 is 0 Å². The maximum atomic E-state index is 15.0. The Balaban J connectivity index is 1.80. The zero-order valence-corrected chi connectivity index (χ0v) is 28.4. The highest BCUT2D eigenvalue weighted by molar-refractivity contribution is 7.93. The van der Waals surface area contributed by atoms with Crippen LogP contribution in [0.5, 0.6) is 11.5 Å². The Bertz CT molecular complexity index is 1950. The molecule has 3 aromatic carbocycles. The Morgan fingerprint density at radius 2 is 1.76 bits per heavy atom. The second-order valence-electron chi connectivity index (χ2n) is 10.5.